The van der Waals surface area contributed by atoms with Crippen molar-refractivity contribution in [2.45, 2.75) is 43.0 Å². The molecule has 0 bridgehead atoms. The Labute approximate surface area is 127 Å². The fourth-order valence-corrected chi connectivity index (χ4v) is 4.05. The lowest BCUT2D eigenvalue weighted by Crippen LogP contribution is -2.41. The maximum Gasteiger partial charge on any atom is 0.425 e. The van der Waals surface area contributed by atoms with Crippen LogP contribution in [0.2, 0.25) is 0 Å². The molecule has 118 valence electrons. The number of hydrazine groups is 1. The van der Waals surface area contributed by atoms with E-state index in [4.69, 9.17) is 0 Å². The molecule has 3 atom stereocenters. The molecule has 0 aromatic carbocycles. The summed E-state index contributed by atoms with van der Waals surface area (Å²) in [6.07, 6.45) is 2.26. The van der Waals surface area contributed by atoms with Crippen LogP contribution in [0, 0.1) is 0 Å². The van der Waals surface area contributed by atoms with E-state index in [0.717, 1.165) is 25.0 Å². The lowest BCUT2D eigenvalue weighted by Gasteiger charge is -2.16. The Morgan fingerprint density at radius 2 is 2.14 bits per heavy atom. The molecule has 0 spiro atoms. The second-order valence-corrected chi connectivity index (χ2v) is 6.30. The van der Waals surface area contributed by atoms with Gasteiger partial charge in [-0.2, -0.15) is 11.8 Å². The van der Waals surface area contributed by atoms with Gasteiger partial charge in [-0.05, 0) is 12.8 Å². The van der Waals surface area contributed by atoms with Crippen molar-refractivity contribution in [3.05, 3.63) is 0 Å². The summed E-state index contributed by atoms with van der Waals surface area (Å²) in [7, 11) is 1.23. The largest absolute Gasteiger partial charge is 0.452 e. The number of ether oxygens (including phenoxy) is 1. The number of nitrogens with one attached hydrogen (secondary N) is 4. The predicted molar refractivity (Wildman–Crippen MR) is 77.6 cm³/mol. The number of carbonyl (C=O) groups excluding carboxylic acids is 3. The maximum absolute atomic E-state index is 11.4. The van der Waals surface area contributed by atoms with Crippen LogP contribution in [0.1, 0.15) is 25.7 Å². The number of amides is 4. The van der Waals surface area contributed by atoms with Gasteiger partial charge < -0.3 is 15.4 Å². The van der Waals surface area contributed by atoms with Crippen molar-refractivity contribution >= 4 is 29.8 Å². The Hall–Kier alpha value is -1.64. The third kappa shape index (κ3) is 4.42. The van der Waals surface area contributed by atoms with Crippen LogP contribution in [0.3, 0.4) is 0 Å². The van der Waals surface area contributed by atoms with Gasteiger partial charge >= 0.3 is 12.1 Å². The summed E-state index contributed by atoms with van der Waals surface area (Å²) in [6.45, 7) is 0. The number of hydrogen-bond donors (Lipinski definition) is 4. The highest BCUT2D eigenvalue weighted by Gasteiger charge is 2.42. The quantitative estimate of drug-likeness (QED) is 0.327. The molecule has 9 heteroatoms. The summed E-state index contributed by atoms with van der Waals surface area (Å²) < 4.78 is 4.33. The van der Waals surface area contributed by atoms with Gasteiger partial charge in [0.2, 0.25) is 5.91 Å². The molecule has 0 aromatic heterocycles. The van der Waals surface area contributed by atoms with Gasteiger partial charge in [0.1, 0.15) is 0 Å². The van der Waals surface area contributed by atoms with Crippen molar-refractivity contribution in [2.75, 3.05) is 12.9 Å². The van der Waals surface area contributed by atoms with Gasteiger partial charge in [-0.15, -0.1) is 0 Å². The average Bonchev–Trinajstić information content (AvgIpc) is 3.00. The first-order chi connectivity index (χ1) is 10.1. The molecule has 2 aliphatic rings. The molecule has 8 nitrogen and oxygen atoms in total. The second-order valence-electron chi connectivity index (χ2n) is 5.03. The van der Waals surface area contributed by atoms with Gasteiger partial charge in [-0.1, -0.05) is 6.42 Å². The van der Waals surface area contributed by atoms with Crippen LogP contribution in [0.5, 0.6) is 0 Å². The van der Waals surface area contributed by atoms with Crippen molar-refractivity contribution in [2.24, 2.45) is 0 Å². The zero-order chi connectivity index (χ0) is 15.2. The molecule has 2 aliphatic heterocycles. The number of thioether (sulfide) groups is 1. The second kappa shape index (κ2) is 7.39. The maximum atomic E-state index is 11.4. The van der Waals surface area contributed by atoms with Crippen molar-refractivity contribution in [1.29, 1.82) is 0 Å². The molecule has 0 aromatic rings. The van der Waals surface area contributed by atoms with E-state index in [2.05, 4.69) is 26.2 Å². The topological polar surface area (TPSA) is 109 Å². The molecular weight excluding hydrogens is 296 g/mol. The first-order valence-electron chi connectivity index (χ1n) is 6.91. The first kappa shape index (κ1) is 15.7. The van der Waals surface area contributed by atoms with E-state index in [9.17, 15) is 14.4 Å². The van der Waals surface area contributed by atoms with Gasteiger partial charge in [0, 0.05) is 17.4 Å². The van der Waals surface area contributed by atoms with Crippen molar-refractivity contribution in [3.63, 3.8) is 0 Å². The van der Waals surface area contributed by atoms with Crippen LogP contribution < -0.4 is 21.5 Å². The van der Waals surface area contributed by atoms with E-state index in [0.29, 0.717) is 11.7 Å². The third-order valence-electron chi connectivity index (χ3n) is 3.57. The van der Waals surface area contributed by atoms with Gasteiger partial charge in [0.25, 0.3) is 0 Å². The number of rotatable bonds is 5. The molecule has 4 amide bonds. The lowest BCUT2D eigenvalue weighted by atomic mass is 10.0. The number of hydrogen-bond acceptors (Lipinski definition) is 5. The number of urea groups is 1. The predicted octanol–water partition coefficient (Wildman–Crippen LogP) is 0.0994. The van der Waals surface area contributed by atoms with Gasteiger partial charge in [0.15, 0.2) is 0 Å². The molecule has 4 N–H and O–H groups in total. The van der Waals surface area contributed by atoms with E-state index in [1.807, 2.05) is 11.8 Å². The molecule has 0 saturated carbocycles. The van der Waals surface area contributed by atoms with Crippen LogP contribution in [-0.4, -0.2) is 48.2 Å². The Kier molecular flexibility index (Phi) is 5.54. The van der Waals surface area contributed by atoms with E-state index < -0.39 is 6.09 Å². The summed E-state index contributed by atoms with van der Waals surface area (Å²) in [6, 6.07) is 0.362. The Bertz CT molecular complexity index is 420. The first-order valence-corrected chi connectivity index (χ1v) is 7.96. The molecule has 2 saturated heterocycles. The summed E-state index contributed by atoms with van der Waals surface area (Å²) in [5.41, 5.74) is 4.40. The van der Waals surface area contributed by atoms with E-state index in [-0.39, 0.29) is 24.0 Å². The molecule has 0 aliphatic carbocycles. The molecule has 21 heavy (non-hydrogen) atoms. The standard InChI is InChI=1S/C12H20N4O4S/c1-20-12(19)16-15-9(17)5-3-2-4-8-10-7(6-21-8)13-11(18)14-10/h7-8,10H,2-6H2,1H3,(H,15,17)(H,16,19)(H2,13,14,18). The molecular formula is C12H20N4O4S. The Morgan fingerprint density at radius 3 is 2.90 bits per heavy atom. The molecule has 2 rings (SSSR count). The summed E-state index contributed by atoms with van der Waals surface area (Å²) in [4.78, 5) is 33.4. The average molecular weight is 316 g/mol. The van der Waals surface area contributed by atoms with Crippen molar-refractivity contribution in [1.82, 2.24) is 21.5 Å². The van der Waals surface area contributed by atoms with Crippen LogP contribution in [0.4, 0.5) is 9.59 Å². The van der Waals surface area contributed by atoms with Crippen molar-refractivity contribution in [3.8, 4) is 0 Å². The van der Waals surface area contributed by atoms with Crippen LogP contribution in [0.15, 0.2) is 0 Å². The molecule has 0 radical (unpaired) electrons. The Morgan fingerprint density at radius 1 is 1.33 bits per heavy atom. The SMILES string of the molecule is COC(=O)NNC(=O)CCCCC1SCC2NC(=O)NC21. The van der Waals surface area contributed by atoms with E-state index in [1.54, 1.807) is 0 Å². The third-order valence-corrected chi connectivity index (χ3v) is 5.08. The molecule has 3 unspecified atom stereocenters. The highest BCUT2D eigenvalue weighted by Crippen LogP contribution is 2.33. The van der Waals surface area contributed by atoms with Crippen LogP contribution in [-0.2, 0) is 9.53 Å². The number of carbonyl (C=O) groups is 3. The highest BCUT2D eigenvalue weighted by molar-refractivity contribution is 8.00. The van der Waals surface area contributed by atoms with Crippen molar-refractivity contribution < 1.29 is 19.1 Å². The smallest absolute Gasteiger partial charge is 0.425 e. The fourth-order valence-electron chi connectivity index (χ4n) is 2.51. The number of methoxy groups -OCH3 is 1. The zero-order valence-electron chi connectivity index (χ0n) is 11.8. The van der Waals surface area contributed by atoms with Crippen LogP contribution >= 0.6 is 11.8 Å². The monoisotopic (exact) mass is 316 g/mol. The summed E-state index contributed by atoms with van der Waals surface area (Å²) in [5.74, 6) is 0.700. The summed E-state index contributed by atoms with van der Waals surface area (Å²) >= 11 is 1.86. The lowest BCUT2D eigenvalue weighted by molar-refractivity contribution is -0.122. The molecule has 2 heterocycles. The summed E-state index contributed by atoms with van der Waals surface area (Å²) in [5, 5.41) is 6.25. The van der Waals surface area contributed by atoms with E-state index >= 15 is 0 Å². The van der Waals surface area contributed by atoms with Gasteiger partial charge in [-0.25, -0.2) is 15.0 Å². The minimum atomic E-state index is -0.693. The van der Waals surface area contributed by atoms with Crippen LogP contribution in [0.25, 0.3) is 0 Å². The minimum Gasteiger partial charge on any atom is -0.452 e. The zero-order valence-corrected chi connectivity index (χ0v) is 12.6. The van der Waals surface area contributed by atoms with E-state index in [1.165, 1.54) is 7.11 Å². The highest BCUT2D eigenvalue weighted by atomic mass is 32.2. The number of unbranched alkanes of at least 4 members (excludes halogenated alkanes) is 1. The van der Waals surface area contributed by atoms with Gasteiger partial charge in [0.05, 0.1) is 19.2 Å². The normalized spacial score (nSPS) is 26.5. The van der Waals surface area contributed by atoms with Gasteiger partial charge in [-0.3, -0.25) is 10.2 Å². The fraction of sp³-hybridized carbons (Fsp3) is 0.750. The number of fused-ring (bicyclic) bond motifs is 1. The minimum absolute atomic E-state index is 0.0800. The molecule has 2 fully saturated rings. The Balaban J connectivity index is 1.57.